The van der Waals surface area contributed by atoms with E-state index >= 15 is 0 Å². The molecule has 0 saturated heterocycles. The summed E-state index contributed by atoms with van der Waals surface area (Å²) in [5.74, 6) is -0.587. The van der Waals surface area contributed by atoms with Gasteiger partial charge < -0.3 is 20.1 Å². The lowest BCUT2D eigenvalue weighted by molar-refractivity contribution is -0.136. The Morgan fingerprint density at radius 1 is 1.23 bits per heavy atom. The average molecular weight is 358 g/mol. The minimum Gasteiger partial charge on any atom is -0.484 e. The lowest BCUT2D eigenvalue weighted by Crippen LogP contribution is -2.34. The molecule has 2 amide bonds. The Bertz CT molecular complexity index is 776. The SMILES string of the molecule is COC(=O)C1=C(C)NC(=O)/C1=C\c1ccc(OCC(=O)NC(C)C)cc1. The molecule has 0 aromatic heterocycles. The van der Waals surface area contributed by atoms with Crippen molar-refractivity contribution in [2.45, 2.75) is 26.8 Å². The normalized spacial score (nSPS) is 15.3. The first-order chi connectivity index (χ1) is 12.3. The average Bonchev–Trinajstić information content (AvgIpc) is 2.86. The van der Waals surface area contributed by atoms with Gasteiger partial charge in [-0.25, -0.2) is 4.79 Å². The van der Waals surface area contributed by atoms with E-state index in [0.717, 1.165) is 0 Å². The van der Waals surface area contributed by atoms with Crippen LogP contribution in [-0.4, -0.2) is 37.5 Å². The number of allylic oxidation sites excluding steroid dienone is 1. The van der Waals surface area contributed by atoms with Crippen molar-refractivity contribution in [2.24, 2.45) is 0 Å². The molecule has 1 heterocycles. The molecule has 0 atom stereocenters. The van der Waals surface area contributed by atoms with Gasteiger partial charge in [-0.2, -0.15) is 0 Å². The molecule has 1 aromatic rings. The number of rotatable bonds is 6. The van der Waals surface area contributed by atoms with Crippen molar-refractivity contribution in [2.75, 3.05) is 13.7 Å². The summed E-state index contributed by atoms with van der Waals surface area (Å²) < 4.78 is 10.1. The van der Waals surface area contributed by atoms with Gasteiger partial charge in [0.05, 0.1) is 18.3 Å². The molecule has 1 aromatic carbocycles. The van der Waals surface area contributed by atoms with Gasteiger partial charge in [0.15, 0.2) is 6.61 Å². The Hall–Kier alpha value is -3.09. The van der Waals surface area contributed by atoms with Gasteiger partial charge in [-0.1, -0.05) is 12.1 Å². The summed E-state index contributed by atoms with van der Waals surface area (Å²) in [6, 6.07) is 6.90. The summed E-state index contributed by atoms with van der Waals surface area (Å²) in [4.78, 5) is 35.5. The number of hydrogen-bond donors (Lipinski definition) is 2. The highest BCUT2D eigenvalue weighted by molar-refractivity contribution is 6.16. The van der Waals surface area contributed by atoms with E-state index in [-0.39, 0.29) is 35.6 Å². The minimum absolute atomic E-state index is 0.0539. The van der Waals surface area contributed by atoms with Crippen molar-refractivity contribution < 1.29 is 23.9 Å². The first kappa shape index (κ1) is 19.2. The first-order valence-corrected chi connectivity index (χ1v) is 8.16. The van der Waals surface area contributed by atoms with Gasteiger partial charge in [-0.05, 0) is 44.5 Å². The fourth-order valence-electron chi connectivity index (χ4n) is 2.46. The predicted octanol–water partition coefficient (Wildman–Crippen LogP) is 1.55. The molecule has 2 rings (SSSR count). The third-order valence-electron chi connectivity index (χ3n) is 3.59. The van der Waals surface area contributed by atoms with Crippen LogP contribution in [0.2, 0.25) is 0 Å². The summed E-state index contributed by atoms with van der Waals surface area (Å²) in [6.45, 7) is 5.32. The van der Waals surface area contributed by atoms with E-state index in [2.05, 4.69) is 10.6 Å². The molecule has 0 spiro atoms. The van der Waals surface area contributed by atoms with Crippen LogP contribution in [0.15, 0.2) is 41.1 Å². The van der Waals surface area contributed by atoms with Crippen LogP contribution in [0.4, 0.5) is 0 Å². The van der Waals surface area contributed by atoms with Gasteiger partial charge in [0.1, 0.15) is 5.75 Å². The molecule has 0 radical (unpaired) electrons. The van der Waals surface area contributed by atoms with E-state index in [0.29, 0.717) is 17.0 Å². The van der Waals surface area contributed by atoms with Gasteiger partial charge in [0.2, 0.25) is 0 Å². The van der Waals surface area contributed by atoms with Gasteiger partial charge in [-0.3, -0.25) is 9.59 Å². The van der Waals surface area contributed by atoms with Crippen molar-refractivity contribution in [3.63, 3.8) is 0 Å². The number of hydrogen-bond acceptors (Lipinski definition) is 5. The Kier molecular flexibility index (Phi) is 6.16. The van der Waals surface area contributed by atoms with Crippen LogP contribution in [0.25, 0.3) is 6.08 Å². The number of benzene rings is 1. The van der Waals surface area contributed by atoms with Crippen LogP contribution >= 0.6 is 0 Å². The van der Waals surface area contributed by atoms with Gasteiger partial charge in [0.25, 0.3) is 11.8 Å². The molecule has 2 N–H and O–H groups in total. The van der Waals surface area contributed by atoms with Crippen LogP contribution < -0.4 is 15.4 Å². The number of carbonyl (C=O) groups is 3. The number of esters is 1. The summed E-state index contributed by atoms with van der Waals surface area (Å²) >= 11 is 0. The zero-order chi connectivity index (χ0) is 19.3. The minimum atomic E-state index is -0.566. The molecule has 7 heteroatoms. The van der Waals surface area contributed by atoms with E-state index in [1.807, 2.05) is 13.8 Å². The second-order valence-electron chi connectivity index (χ2n) is 6.08. The van der Waals surface area contributed by atoms with Gasteiger partial charge in [-0.15, -0.1) is 0 Å². The predicted molar refractivity (Wildman–Crippen MR) is 96.1 cm³/mol. The van der Waals surface area contributed by atoms with Crippen LogP contribution in [0, 0.1) is 0 Å². The number of nitrogens with one attached hydrogen (secondary N) is 2. The number of amides is 2. The third-order valence-corrected chi connectivity index (χ3v) is 3.59. The van der Waals surface area contributed by atoms with Crippen molar-refractivity contribution in [1.82, 2.24) is 10.6 Å². The quantitative estimate of drug-likeness (QED) is 0.594. The zero-order valence-corrected chi connectivity index (χ0v) is 15.2. The fraction of sp³-hybridized carbons (Fsp3) is 0.316. The Labute approximate surface area is 152 Å². The van der Waals surface area contributed by atoms with Crippen LogP contribution in [0.5, 0.6) is 5.75 Å². The second-order valence-corrected chi connectivity index (χ2v) is 6.08. The molecule has 0 aliphatic carbocycles. The number of ether oxygens (including phenoxy) is 2. The van der Waals surface area contributed by atoms with Crippen molar-refractivity contribution in [3.8, 4) is 5.75 Å². The van der Waals surface area contributed by atoms with E-state index < -0.39 is 5.97 Å². The highest BCUT2D eigenvalue weighted by atomic mass is 16.5. The fourth-order valence-corrected chi connectivity index (χ4v) is 2.46. The molecule has 1 aliphatic rings. The highest BCUT2D eigenvalue weighted by Crippen LogP contribution is 2.25. The summed E-state index contributed by atoms with van der Waals surface area (Å²) in [6.07, 6.45) is 1.60. The molecular weight excluding hydrogens is 336 g/mol. The summed E-state index contributed by atoms with van der Waals surface area (Å²) in [5, 5.41) is 5.35. The number of carbonyl (C=O) groups excluding carboxylic acids is 3. The van der Waals surface area contributed by atoms with Crippen LogP contribution in [0.3, 0.4) is 0 Å². The number of methoxy groups -OCH3 is 1. The topological polar surface area (TPSA) is 93.7 Å². The van der Waals surface area contributed by atoms with Crippen LogP contribution in [-0.2, 0) is 19.1 Å². The summed E-state index contributed by atoms with van der Waals surface area (Å²) in [7, 11) is 1.27. The summed E-state index contributed by atoms with van der Waals surface area (Å²) in [5.41, 5.74) is 1.65. The Balaban J connectivity index is 2.10. The first-order valence-electron chi connectivity index (χ1n) is 8.16. The van der Waals surface area contributed by atoms with Crippen molar-refractivity contribution >= 4 is 23.9 Å². The van der Waals surface area contributed by atoms with E-state index in [1.54, 1.807) is 37.3 Å². The Morgan fingerprint density at radius 2 is 1.88 bits per heavy atom. The molecule has 26 heavy (non-hydrogen) atoms. The Morgan fingerprint density at radius 3 is 2.46 bits per heavy atom. The third kappa shape index (κ3) is 4.72. The van der Waals surface area contributed by atoms with Crippen LogP contribution in [0.1, 0.15) is 26.3 Å². The standard InChI is InChI=1S/C19H22N2O5/c1-11(2)20-16(22)10-26-14-7-5-13(6-8-14)9-15-17(19(24)25-4)12(3)21-18(15)23/h5-9,11H,10H2,1-4H3,(H,20,22)(H,21,23)/b15-9-. The maximum absolute atomic E-state index is 12.1. The largest absolute Gasteiger partial charge is 0.484 e. The maximum atomic E-state index is 12.1. The van der Waals surface area contributed by atoms with E-state index in [1.165, 1.54) is 7.11 Å². The monoisotopic (exact) mass is 358 g/mol. The smallest absolute Gasteiger partial charge is 0.340 e. The van der Waals surface area contributed by atoms with E-state index in [9.17, 15) is 14.4 Å². The lowest BCUT2D eigenvalue weighted by Gasteiger charge is -2.09. The molecular formula is C19H22N2O5. The van der Waals surface area contributed by atoms with Gasteiger partial charge in [0, 0.05) is 11.7 Å². The molecule has 0 bridgehead atoms. The molecule has 0 unspecified atom stereocenters. The lowest BCUT2D eigenvalue weighted by atomic mass is 10.0. The molecule has 0 fully saturated rings. The van der Waals surface area contributed by atoms with E-state index in [4.69, 9.17) is 9.47 Å². The van der Waals surface area contributed by atoms with Crippen molar-refractivity contribution in [3.05, 3.63) is 46.7 Å². The zero-order valence-electron chi connectivity index (χ0n) is 15.2. The molecule has 138 valence electrons. The van der Waals surface area contributed by atoms with Crippen molar-refractivity contribution in [1.29, 1.82) is 0 Å². The molecule has 0 saturated carbocycles. The maximum Gasteiger partial charge on any atom is 0.340 e. The van der Waals surface area contributed by atoms with Gasteiger partial charge >= 0.3 is 5.97 Å². The highest BCUT2D eigenvalue weighted by Gasteiger charge is 2.30. The molecule has 1 aliphatic heterocycles. The second kappa shape index (κ2) is 8.33. The molecule has 7 nitrogen and oxygen atoms in total.